The molecule has 4 nitrogen and oxygen atoms in total. The summed E-state index contributed by atoms with van der Waals surface area (Å²) in [4.78, 5) is 16.1. The lowest BCUT2D eigenvalue weighted by Gasteiger charge is -2.10. The summed E-state index contributed by atoms with van der Waals surface area (Å²) >= 11 is 16.5. The number of nitrogens with zero attached hydrogens (tertiary/aromatic N) is 1. The minimum Gasteiger partial charge on any atom is -0.397 e. The molecule has 0 fully saturated rings. The van der Waals surface area contributed by atoms with Crippen LogP contribution in [0.5, 0.6) is 0 Å². The molecule has 0 unspecified atom stereocenters. The number of hydrogen-bond donors (Lipinski definition) is 2. The van der Waals surface area contributed by atoms with Gasteiger partial charge >= 0.3 is 0 Å². The number of amides is 1. The number of halogens is 3. The first kappa shape index (κ1) is 16.4. The number of carbonyl (C=O) groups excluding carboxylic acids is 1. The van der Waals surface area contributed by atoms with Crippen molar-refractivity contribution in [2.24, 2.45) is 0 Å². The van der Waals surface area contributed by atoms with Crippen LogP contribution in [0.4, 0.5) is 11.4 Å². The maximum Gasteiger partial charge on any atom is 0.234 e. The van der Waals surface area contributed by atoms with Gasteiger partial charge in [-0.1, -0.05) is 35.0 Å². The molecule has 0 spiro atoms. The van der Waals surface area contributed by atoms with Crippen molar-refractivity contribution in [1.82, 2.24) is 4.98 Å². The lowest BCUT2D eigenvalue weighted by molar-refractivity contribution is -0.113. The van der Waals surface area contributed by atoms with E-state index in [9.17, 15) is 4.79 Å². The normalized spacial score (nSPS) is 10.4. The van der Waals surface area contributed by atoms with Crippen molar-refractivity contribution in [3.8, 4) is 0 Å². The molecule has 0 aliphatic heterocycles. The molecule has 1 amide bonds. The first-order chi connectivity index (χ1) is 9.97. The van der Waals surface area contributed by atoms with Gasteiger partial charge in [0.2, 0.25) is 5.91 Å². The van der Waals surface area contributed by atoms with Crippen LogP contribution < -0.4 is 11.1 Å². The summed E-state index contributed by atoms with van der Waals surface area (Å²) in [6.45, 7) is 0. The SMILES string of the molecule is Nc1cc(Cl)cc(Cl)c1NC(=O)CSc1ncccc1Br. The predicted octanol–water partition coefficient (Wildman–Crippen LogP) is 4.46. The highest BCUT2D eigenvalue weighted by Crippen LogP contribution is 2.32. The van der Waals surface area contributed by atoms with E-state index in [0.717, 1.165) is 9.50 Å². The number of thioether (sulfide) groups is 1. The maximum absolute atomic E-state index is 12.0. The maximum atomic E-state index is 12.0. The number of rotatable bonds is 4. The van der Waals surface area contributed by atoms with Gasteiger partial charge in [0, 0.05) is 15.7 Å². The van der Waals surface area contributed by atoms with E-state index in [1.54, 1.807) is 6.20 Å². The summed E-state index contributed by atoms with van der Waals surface area (Å²) in [5.74, 6) is -0.0398. The van der Waals surface area contributed by atoms with Gasteiger partial charge in [0.15, 0.2) is 0 Å². The van der Waals surface area contributed by atoms with Gasteiger partial charge in [0.05, 0.1) is 22.2 Å². The highest BCUT2D eigenvalue weighted by molar-refractivity contribution is 9.10. The van der Waals surface area contributed by atoms with Gasteiger partial charge in [-0.2, -0.15) is 0 Å². The molecule has 3 N–H and O–H groups in total. The first-order valence-electron chi connectivity index (χ1n) is 5.75. The van der Waals surface area contributed by atoms with Gasteiger partial charge in [-0.3, -0.25) is 4.79 Å². The number of nitrogens with one attached hydrogen (secondary N) is 1. The van der Waals surface area contributed by atoms with Gasteiger partial charge < -0.3 is 11.1 Å². The lowest BCUT2D eigenvalue weighted by atomic mass is 10.2. The monoisotopic (exact) mass is 405 g/mol. The van der Waals surface area contributed by atoms with E-state index < -0.39 is 0 Å². The zero-order chi connectivity index (χ0) is 15.4. The Morgan fingerprint density at radius 2 is 2.19 bits per heavy atom. The van der Waals surface area contributed by atoms with Crippen LogP contribution in [0.15, 0.2) is 40.0 Å². The number of benzene rings is 1. The smallest absolute Gasteiger partial charge is 0.234 e. The standard InChI is InChI=1S/C13H10BrCl2N3OS/c14-8-2-1-3-18-13(8)21-6-11(20)19-12-9(16)4-7(15)5-10(12)17/h1-5H,6,17H2,(H,19,20). The molecule has 0 atom stereocenters. The van der Waals surface area contributed by atoms with Crippen LogP contribution >= 0.6 is 50.9 Å². The van der Waals surface area contributed by atoms with E-state index in [1.165, 1.54) is 23.9 Å². The fraction of sp³-hybridized carbons (Fsp3) is 0.0769. The summed E-state index contributed by atoms with van der Waals surface area (Å²) in [6, 6.07) is 6.73. The fourth-order valence-electron chi connectivity index (χ4n) is 1.51. The average molecular weight is 407 g/mol. The zero-order valence-electron chi connectivity index (χ0n) is 10.6. The van der Waals surface area contributed by atoms with Gasteiger partial charge in [0.1, 0.15) is 5.03 Å². The van der Waals surface area contributed by atoms with E-state index in [4.69, 9.17) is 28.9 Å². The third kappa shape index (κ3) is 4.51. The van der Waals surface area contributed by atoms with Crippen LogP contribution in [0.1, 0.15) is 0 Å². The predicted molar refractivity (Wildman–Crippen MR) is 92.2 cm³/mol. The Morgan fingerprint density at radius 1 is 1.43 bits per heavy atom. The summed E-state index contributed by atoms with van der Waals surface area (Å²) in [6.07, 6.45) is 1.67. The molecule has 8 heteroatoms. The molecule has 0 radical (unpaired) electrons. The molecular weight excluding hydrogens is 397 g/mol. The van der Waals surface area contributed by atoms with Crippen molar-refractivity contribution in [2.75, 3.05) is 16.8 Å². The molecule has 2 rings (SSSR count). The van der Waals surface area contributed by atoms with Gasteiger partial charge in [-0.15, -0.1) is 0 Å². The molecule has 1 heterocycles. The Labute approximate surface area is 144 Å². The van der Waals surface area contributed by atoms with Crippen molar-refractivity contribution in [1.29, 1.82) is 0 Å². The van der Waals surface area contributed by atoms with E-state index in [1.807, 2.05) is 12.1 Å². The highest BCUT2D eigenvalue weighted by atomic mass is 79.9. The molecule has 0 aliphatic rings. The molecular formula is C13H10BrCl2N3OS. The summed E-state index contributed by atoms with van der Waals surface area (Å²) in [5, 5.41) is 4.14. The molecule has 0 saturated heterocycles. The van der Waals surface area contributed by atoms with E-state index in [0.29, 0.717) is 21.4 Å². The van der Waals surface area contributed by atoms with Gasteiger partial charge in [-0.05, 0) is 40.2 Å². The topological polar surface area (TPSA) is 68.0 Å². The van der Waals surface area contributed by atoms with Crippen molar-refractivity contribution < 1.29 is 4.79 Å². The van der Waals surface area contributed by atoms with Crippen LogP contribution in [0.25, 0.3) is 0 Å². The minimum atomic E-state index is -0.228. The molecule has 110 valence electrons. The largest absolute Gasteiger partial charge is 0.397 e. The number of anilines is 2. The van der Waals surface area contributed by atoms with E-state index >= 15 is 0 Å². The third-order valence-electron chi connectivity index (χ3n) is 2.41. The number of nitrogen functional groups attached to an aromatic ring is 1. The Kier molecular flexibility index (Phi) is 5.75. The zero-order valence-corrected chi connectivity index (χ0v) is 14.5. The van der Waals surface area contributed by atoms with Crippen LogP contribution in [-0.4, -0.2) is 16.6 Å². The third-order valence-corrected chi connectivity index (χ3v) is 4.84. The first-order valence-corrected chi connectivity index (χ1v) is 8.28. The molecule has 0 bridgehead atoms. The van der Waals surface area contributed by atoms with Crippen molar-refractivity contribution in [2.45, 2.75) is 5.03 Å². The summed E-state index contributed by atoms with van der Waals surface area (Å²) in [7, 11) is 0. The Hall–Kier alpha value is -0.950. The summed E-state index contributed by atoms with van der Waals surface area (Å²) in [5.41, 5.74) is 6.48. The molecule has 1 aromatic carbocycles. The van der Waals surface area contributed by atoms with Gasteiger partial charge in [0.25, 0.3) is 0 Å². The molecule has 21 heavy (non-hydrogen) atoms. The second kappa shape index (κ2) is 7.35. The number of nitrogens with two attached hydrogens (primary N) is 1. The average Bonchev–Trinajstić information content (AvgIpc) is 2.42. The van der Waals surface area contributed by atoms with E-state index in [-0.39, 0.29) is 11.7 Å². The van der Waals surface area contributed by atoms with Crippen LogP contribution in [0.3, 0.4) is 0 Å². The van der Waals surface area contributed by atoms with Crippen LogP contribution in [-0.2, 0) is 4.79 Å². The van der Waals surface area contributed by atoms with Crippen molar-refractivity contribution in [3.63, 3.8) is 0 Å². The van der Waals surface area contributed by atoms with Crippen LogP contribution in [0.2, 0.25) is 10.0 Å². The van der Waals surface area contributed by atoms with Gasteiger partial charge in [-0.25, -0.2) is 4.98 Å². The fourth-order valence-corrected chi connectivity index (χ4v) is 3.35. The number of aromatic nitrogens is 1. The van der Waals surface area contributed by atoms with Crippen LogP contribution in [0, 0.1) is 0 Å². The highest BCUT2D eigenvalue weighted by Gasteiger charge is 2.12. The molecule has 2 aromatic rings. The lowest BCUT2D eigenvalue weighted by Crippen LogP contribution is -2.15. The minimum absolute atomic E-state index is 0.189. The Bertz CT molecular complexity index is 661. The Balaban J connectivity index is 2.01. The molecule has 0 aliphatic carbocycles. The second-order valence-corrected chi connectivity index (χ2v) is 6.64. The number of hydrogen-bond acceptors (Lipinski definition) is 4. The van der Waals surface area contributed by atoms with Crippen molar-refractivity contribution >= 4 is 68.2 Å². The molecule has 0 saturated carbocycles. The molecule has 1 aromatic heterocycles. The Morgan fingerprint density at radius 3 is 2.86 bits per heavy atom. The summed E-state index contributed by atoms with van der Waals surface area (Å²) < 4.78 is 0.840. The second-order valence-electron chi connectivity index (χ2n) is 3.98. The number of pyridine rings is 1. The quantitative estimate of drug-likeness (QED) is 0.580. The van der Waals surface area contributed by atoms with Crippen molar-refractivity contribution in [3.05, 3.63) is 45.0 Å². The van der Waals surface area contributed by atoms with E-state index in [2.05, 4.69) is 26.2 Å². The number of carbonyl (C=O) groups is 1.